The van der Waals surface area contributed by atoms with Gasteiger partial charge >= 0.3 is 5.97 Å². The molecule has 3 rings (SSSR count). The number of nitrogens with one attached hydrogen (secondary N) is 2. The first-order chi connectivity index (χ1) is 14.4. The summed E-state index contributed by atoms with van der Waals surface area (Å²) in [5, 5.41) is 26.7. The van der Waals surface area contributed by atoms with Crippen molar-refractivity contribution in [3.8, 4) is 0 Å². The van der Waals surface area contributed by atoms with E-state index in [4.69, 9.17) is 0 Å². The van der Waals surface area contributed by atoms with Crippen LogP contribution in [0, 0.1) is 17.8 Å². The number of amides is 1. The topological polar surface area (TPSA) is 137 Å². The summed E-state index contributed by atoms with van der Waals surface area (Å²) >= 11 is 0. The fourth-order valence-electron chi connectivity index (χ4n) is 4.05. The average molecular weight is 415 g/mol. The highest BCUT2D eigenvalue weighted by atomic mass is 16.4. The van der Waals surface area contributed by atoms with Gasteiger partial charge in [0, 0.05) is 32.3 Å². The Morgan fingerprint density at radius 3 is 2.73 bits per heavy atom. The van der Waals surface area contributed by atoms with Crippen molar-refractivity contribution < 1.29 is 14.7 Å². The van der Waals surface area contributed by atoms with Crippen LogP contribution in [0.1, 0.15) is 44.0 Å². The molecule has 3 heterocycles. The number of carboxylic acids is 1. The number of nitrogens with zero attached hydrogens (tertiary/aromatic N) is 5. The van der Waals surface area contributed by atoms with E-state index in [1.165, 1.54) is 0 Å². The van der Waals surface area contributed by atoms with Gasteiger partial charge in [0.2, 0.25) is 5.91 Å². The molecule has 30 heavy (non-hydrogen) atoms. The van der Waals surface area contributed by atoms with Crippen molar-refractivity contribution in [2.45, 2.75) is 39.0 Å². The Morgan fingerprint density at radius 2 is 2.17 bits per heavy atom. The summed E-state index contributed by atoms with van der Waals surface area (Å²) in [6.45, 7) is 5.43. The van der Waals surface area contributed by atoms with Gasteiger partial charge in [-0.05, 0) is 36.8 Å². The second-order valence-electron chi connectivity index (χ2n) is 8.23. The number of aromatic amines is 1. The van der Waals surface area contributed by atoms with Crippen LogP contribution >= 0.6 is 0 Å². The van der Waals surface area contributed by atoms with E-state index >= 15 is 0 Å². The molecular formula is C20H29N7O3. The minimum Gasteiger partial charge on any atom is -0.481 e. The molecule has 0 bridgehead atoms. The third kappa shape index (κ3) is 5.11. The quantitative estimate of drug-likeness (QED) is 0.556. The third-order valence-corrected chi connectivity index (χ3v) is 5.62. The zero-order valence-electron chi connectivity index (χ0n) is 17.6. The Labute approximate surface area is 175 Å². The minimum atomic E-state index is -0.861. The number of carboxylic acid groups (broad SMARTS) is 1. The molecule has 0 radical (unpaired) electrons. The van der Waals surface area contributed by atoms with Gasteiger partial charge in [-0.3, -0.25) is 9.59 Å². The molecule has 10 nitrogen and oxygen atoms in total. The Balaban J connectivity index is 1.74. The lowest BCUT2D eigenvalue weighted by molar-refractivity contribution is -0.143. The largest absolute Gasteiger partial charge is 0.481 e. The summed E-state index contributed by atoms with van der Waals surface area (Å²) in [4.78, 5) is 30.5. The normalized spacial score (nSPS) is 18.4. The number of pyridine rings is 1. The molecule has 3 atom stereocenters. The van der Waals surface area contributed by atoms with Crippen molar-refractivity contribution in [2.75, 3.05) is 25.0 Å². The molecule has 3 unspecified atom stereocenters. The van der Waals surface area contributed by atoms with Crippen molar-refractivity contribution in [3.05, 3.63) is 29.7 Å². The standard InChI is InChI=1S/C20H29N7O3/c1-12(2)8-16(20(29)30)15(18-23-25-26-24-18)9-13-4-5-17(22-10-13)27-7-6-14(11-27)19(28)21-3/h4-5,10,12,14-16H,6-9,11H2,1-3H3,(H,21,28)(H,29,30)(H,23,24,25,26). The van der Waals surface area contributed by atoms with Crippen LogP contribution in [0.25, 0.3) is 0 Å². The van der Waals surface area contributed by atoms with E-state index in [9.17, 15) is 14.7 Å². The number of anilines is 1. The number of aliphatic carboxylic acids is 1. The van der Waals surface area contributed by atoms with Crippen molar-refractivity contribution in [3.63, 3.8) is 0 Å². The number of carbonyl (C=O) groups is 2. The first-order valence-corrected chi connectivity index (χ1v) is 10.3. The van der Waals surface area contributed by atoms with Crippen molar-refractivity contribution in [2.24, 2.45) is 17.8 Å². The van der Waals surface area contributed by atoms with Gasteiger partial charge in [0.1, 0.15) is 5.82 Å². The van der Waals surface area contributed by atoms with Crippen molar-refractivity contribution >= 4 is 17.7 Å². The summed E-state index contributed by atoms with van der Waals surface area (Å²) in [7, 11) is 1.65. The van der Waals surface area contributed by atoms with E-state index in [2.05, 4.69) is 35.8 Å². The predicted molar refractivity (Wildman–Crippen MR) is 110 cm³/mol. The molecule has 1 aliphatic heterocycles. The number of tetrazole rings is 1. The van der Waals surface area contributed by atoms with Gasteiger partial charge in [-0.25, -0.2) is 4.98 Å². The lowest BCUT2D eigenvalue weighted by Gasteiger charge is -2.23. The molecule has 2 aromatic heterocycles. The van der Waals surface area contributed by atoms with Gasteiger partial charge in [-0.2, -0.15) is 5.21 Å². The van der Waals surface area contributed by atoms with Crippen LogP contribution < -0.4 is 10.2 Å². The van der Waals surface area contributed by atoms with Gasteiger partial charge in [0.15, 0.2) is 5.82 Å². The lowest BCUT2D eigenvalue weighted by Crippen LogP contribution is -2.30. The highest BCUT2D eigenvalue weighted by Crippen LogP contribution is 2.31. The number of hydrogen-bond donors (Lipinski definition) is 3. The van der Waals surface area contributed by atoms with E-state index in [1.807, 2.05) is 26.0 Å². The van der Waals surface area contributed by atoms with E-state index < -0.39 is 17.8 Å². The maximum Gasteiger partial charge on any atom is 0.307 e. The Bertz CT molecular complexity index is 839. The molecule has 0 saturated carbocycles. The van der Waals surface area contributed by atoms with Crippen LogP contribution in [-0.4, -0.2) is 62.7 Å². The maximum absolute atomic E-state index is 12.0. The van der Waals surface area contributed by atoms with Gasteiger partial charge in [0.05, 0.1) is 11.8 Å². The molecule has 3 N–H and O–H groups in total. The Hall–Kier alpha value is -3.04. The Morgan fingerprint density at radius 1 is 1.37 bits per heavy atom. The van der Waals surface area contributed by atoms with Gasteiger partial charge < -0.3 is 15.3 Å². The third-order valence-electron chi connectivity index (χ3n) is 5.62. The van der Waals surface area contributed by atoms with Gasteiger partial charge in [0.25, 0.3) is 0 Å². The van der Waals surface area contributed by atoms with E-state index in [1.54, 1.807) is 13.2 Å². The molecule has 1 amide bonds. The van der Waals surface area contributed by atoms with Gasteiger partial charge in [-0.1, -0.05) is 25.1 Å². The second kappa shape index (κ2) is 9.64. The zero-order chi connectivity index (χ0) is 21.7. The summed E-state index contributed by atoms with van der Waals surface area (Å²) in [5.41, 5.74) is 0.908. The first kappa shape index (κ1) is 21.7. The number of rotatable bonds is 9. The molecule has 1 saturated heterocycles. The number of carbonyl (C=O) groups excluding carboxylic acids is 1. The lowest BCUT2D eigenvalue weighted by atomic mass is 9.81. The molecule has 162 valence electrons. The van der Waals surface area contributed by atoms with E-state index in [-0.39, 0.29) is 17.7 Å². The van der Waals surface area contributed by atoms with Crippen molar-refractivity contribution in [1.82, 2.24) is 30.9 Å². The molecule has 2 aromatic rings. The monoisotopic (exact) mass is 415 g/mol. The van der Waals surface area contributed by atoms with Gasteiger partial charge in [-0.15, -0.1) is 10.2 Å². The molecule has 0 aliphatic carbocycles. The van der Waals surface area contributed by atoms with Crippen LogP contribution in [0.3, 0.4) is 0 Å². The molecule has 0 aromatic carbocycles. The SMILES string of the molecule is CNC(=O)C1CCN(c2ccc(CC(c3nn[nH]n3)C(CC(C)C)C(=O)O)cn2)C1. The second-order valence-corrected chi connectivity index (χ2v) is 8.23. The van der Waals surface area contributed by atoms with E-state index in [0.29, 0.717) is 25.2 Å². The number of aromatic nitrogens is 5. The molecule has 10 heteroatoms. The highest BCUT2D eigenvalue weighted by Gasteiger charge is 2.33. The van der Waals surface area contributed by atoms with Crippen LogP contribution in [0.2, 0.25) is 0 Å². The predicted octanol–water partition coefficient (Wildman–Crippen LogP) is 1.24. The van der Waals surface area contributed by atoms with Crippen LogP contribution in [0.5, 0.6) is 0 Å². The highest BCUT2D eigenvalue weighted by molar-refractivity contribution is 5.79. The fourth-order valence-corrected chi connectivity index (χ4v) is 4.05. The number of H-pyrrole nitrogens is 1. The van der Waals surface area contributed by atoms with Crippen LogP contribution in [0.4, 0.5) is 5.82 Å². The molecule has 0 spiro atoms. The number of hydrogen-bond acceptors (Lipinski definition) is 7. The summed E-state index contributed by atoms with van der Waals surface area (Å²) in [5.74, 6) is -0.397. The van der Waals surface area contributed by atoms with E-state index in [0.717, 1.165) is 24.3 Å². The summed E-state index contributed by atoms with van der Waals surface area (Å²) in [6.07, 6.45) is 3.55. The average Bonchev–Trinajstić information content (AvgIpc) is 3.42. The molecular weight excluding hydrogens is 386 g/mol. The Kier molecular flexibility index (Phi) is 6.96. The van der Waals surface area contributed by atoms with Crippen LogP contribution in [0.15, 0.2) is 18.3 Å². The molecule has 1 aliphatic rings. The fraction of sp³-hybridized carbons (Fsp3) is 0.600. The van der Waals surface area contributed by atoms with Crippen molar-refractivity contribution in [1.29, 1.82) is 0 Å². The smallest absolute Gasteiger partial charge is 0.307 e. The summed E-state index contributed by atoms with van der Waals surface area (Å²) in [6, 6.07) is 3.88. The van der Waals surface area contributed by atoms with Crippen LogP contribution in [-0.2, 0) is 16.0 Å². The zero-order valence-corrected chi connectivity index (χ0v) is 17.6. The molecule has 1 fully saturated rings. The minimum absolute atomic E-state index is 0.0218. The maximum atomic E-state index is 12.0. The first-order valence-electron chi connectivity index (χ1n) is 10.3. The summed E-state index contributed by atoms with van der Waals surface area (Å²) < 4.78 is 0.